The van der Waals surface area contributed by atoms with Crippen LogP contribution in [-0.4, -0.2) is 48.3 Å². The molecule has 1 fully saturated rings. The first-order valence-corrected chi connectivity index (χ1v) is 12.9. The number of likely N-dealkylation sites (tertiary alicyclic amines) is 1. The molecule has 1 amide bonds. The van der Waals surface area contributed by atoms with E-state index in [2.05, 4.69) is 33.0 Å². The summed E-state index contributed by atoms with van der Waals surface area (Å²) in [6.45, 7) is 3.41. The Balaban J connectivity index is 1.17. The molecule has 1 aromatic heterocycles. The second kappa shape index (κ2) is 8.52. The first-order valence-electron chi connectivity index (χ1n) is 12.9. The zero-order valence-corrected chi connectivity index (χ0v) is 20.2. The van der Waals surface area contributed by atoms with E-state index < -0.39 is 5.41 Å². The molecule has 0 N–H and O–H groups in total. The maximum Gasteiger partial charge on any atom is 0.246 e. The predicted octanol–water partition coefficient (Wildman–Crippen LogP) is 4.28. The minimum atomic E-state index is -0.833. The molecule has 0 bridgehead atoms. The van der Waals surface area contributed by atoms with Gasteiger partial charge in [0, 0.05) is 36.1 Å². The number of aromatic nitrogens is 1. The molecule has 0 radical (unpaired) electrons. The van der Waals surface area contributed by atoms with E-state index in [1.165, 1.54) is 0 Å². The second-order valence-electron chi connectivity index (χ2n) is 10.1. The molecule has 1 saturated heterocycles. The van der Waals surface area contributed by atoms with E-state index in [0.717, 1.165) is 67.8 Å². The number of carbonyl (C=O) groups is 1. The molecule has 7 heteroatoms. The molecule has 36 heavy (non-hydrogen) atoms. The van der Waals surface area contributed by atoms with Crippen LogP contribution in [0.15, 0.2) is 60.8 Å². The van der Waals surface area contributed by atoms with Crippen LogP contribution in [0.5, 0.6) is 17.2 Å². The van der Waals surface area contributed by atoms with Gasteiger partial charge in [-0.2, -0.15) is 0 Å². The molecular weight excluding hydrogens is 454 g/mol. The largest absolute Gasteiger partial charge is 0.491 e. The number of hydrogen-bond acceptors (Lipinski definition) is 6. The smallest absolute Gasteiger partial charge is 0.246 e. The van der Waals surface area contributed by atoms with E-state index in [0.29, 0.717) is 23.9 Å². The summed E-state index contributed by atoms with van der Waals surface area (Å²) in [5.74, 6) is 2.20. The van der Waals surface area contributed by atoms with Gasteiger partial charge in [-0.25, -0.2) is 0 Å². The number of carbonyl (C=O) groups excluding carboxylic acids is 1. The fourth-order valence-electron chi connectivity index (χ4n) is 6.37. The summed E-state index contributed by atoms with van der Waals surface area (Å²) in [5.41, 5.74) is 3.22. The van der Waals surface area contributed by atoms with Crippen LogP contribution in [0.2, 0.25) is 0 Å². The van der Waals surface area contributed by atoms with Crippen molar-refractivity contribution in [2.24, 2.45) is 0 Å². The average molecular weight is 484 g/mol. The number of ether oxygens (including phenoxy) is 3. The molecule has 3 aromatic rings. The van der Waals surface area contributed by atoms with E-state index in [4.69, 9.17) is 14.2 Å². The highest BCUT2D eigenvalue weighted by atomic mass is 16.7. The van der Waals surface area contributed by atoms with Crippen LogP contribution in [0.3, 0.4) is 0 Å². The van der Waals surface area contributed by atoms with Crippen LogP contribution < -0.4 is 19.1 Å². The van der Waals surface area contributed by atoms with E-state index in [1.54, 1.807) is 0 Å². The summed E-state index contributed by atoms with van der Waals surface area (Å²) in [4.78, 5) is 23.5. The van der Waals surface area contributed by atoms with Crippen molar-refractivity contribution in [3.8, 4) is 17.2 Å². The molecule has 184 valence electrons. The summed E-state index contributed by atoms with van der Waals surface area (Å²) in [6, 6.07) is 18.3. The third-order valence-corrected chi connectivity index (χ3v) is 8.09. The molecule has 4 aliphatic rings. The maximum absolute atomic E-state index is 14.4. The van der Waals surface area contributed by atoms with Gasteiger partial charge in [-0.1, -0.05) is 24.3 Å². The Bertz CT molecular complexity index is 1300. The summed E-state index contributed by atoms with van der Waals surface area (Å²) >= 11 is 0. The van der Waals surface area contributed by atoms with Crippen LogP contribution in [0, 0.1) is 0 Å². The number of benzene rings is 2. The number of pyridine rings is 1. The second-order valence-corrected chi connectivity index (χ2v) is 10.1. The van der Waals surface area contributed by atoms with Crippen molar-refractivity contribution in [2.45, 2.75) is 43.7 Å². The zero-order valence-electron chi connectivity index (χ0n) is 20.2. The third-order valence-electron chi connectivity index (χ3n) is 8.09. The van der Waals surface area contributed by atoms with Crippen molar-refractivity contribution in [2.75, 3.05) is 31.4 Å². The summed E-state index contributed by atoms with van der Waals surface area (Å²) in [5, 5.41) is 0. The number of nitrogens with zero attached hydrogens (tertiary/aromatic N) is 3. The normalized spacial score (nSPS) is 23.3. The highest BCUT2D eigenvalue weighted by Gasteiger charge is 2.58. The molecule has 0 saturated carbocycles. The first kappa shape index (κ1) is 21.7. The summed E-state index contributed by atoms with van der Waals surface area (Å²) in [7, 11) is 0. The van der Waals surface area contributed by atoms with Gasteiger partial charge in [0.1, 0.15) is 17.8 Å². The predicted molar refractivity (Wildman–Crippen MR) is 135 cm³/mol. The minimum Gasteiger partial charge on any atom is -0.491 e. The lowest BCUT2D eigenvalue weighted by atomic mass is 9.77. The van der Waals surface area contributed by atoms with Gasteiger partial charge in [-0.05, 0) is 68.6 Å². The molecule has 1 spiro atoms. The Morgan fingerprint density at radius 2 is 1.67 bits per heavy atom. The van der Waals surface area contributed by atoms with Gasteiger partial charge in [0.05, 0.1) is 5.69 Å². The van der Waals surface area contributed by atoms with Crippen LogP contribution in [-0.2, 0) is 16.8 Å². The zero-order chi connectivity index (χ0) is 24.1. The molecule has 4 aliphatic heterocycles. The monoisotopic (exact) mass is 483 g/mol. The Labute approximate surface area is 210 Å². The van der Waals surface area contributed by atoms with Crippen molar-refractivity contribution in [3.05, 3.63) is 77.6 Å². The Morgan fingerprint density at radius 1 is 0.889 bits per heavy atom. The summed E-state index contributed by atoms with van der Waals surface area (Å²) in [6.07, 6.45) is 5.90. The van der Waals surface area contributed by atoms with Gasteiger partial charge < -0.3 is 19.1 Å². The number of amides is 1. The maximum atomic E-state index is 14.4. The van der Waals surface area contributed by atoms with Crippen LogP contribution in [0.4, 0.5) is 5.69 Å². The standard InChI is InChI=1S/C29H29N3O4/c33-28-29(18-34-25-16-27-26(15-23(25)29)35-19-36-27)22-10-1-2-11-24(22)32(28)21-8-5-13-31(14-6-9-21)17-20-7-3-4-12-30-20/h1-4,7,10-12,15-16,21H,5-6,8-9,13-14,17-19H2. The van der Waals surface area contributed by atoms with E-state index in [1.807, 2.05) is 42.6 Å². The number of hydrogen-bond donors (Lipinski definition) is 0. The molecule has 1 unspecified atom stereocenters. The number of rotatable bonds is 3. The Kier molecular flexibility index (Phi) is 5.13. The fourth-order valence-corrected chi connectivity index (χ4v) is 6.37. The highest BCUT2D eigenvalue weighted by molar-refractivity contribution is 6.12. The Hall–Kier alpha value is -3.58. The van der Waals surface area contributed by atoms with Gasteiger partial charge in [0.15, 0.2) is 11.5 Å². The number of para-hydroxylation sites is 1. The lowest BCUT2D eigenvalue weighted by Gasteiger charge is -2.34. The van der Waals surface area contributed by atoms with Gasteiger partial charge >= 0.3 is 0 Å². The van der Waals surface area contributed by atoms with Crippen molar-refractivity contribution in [1.82, 2.24) is 9.88 Å². The minimum absolute atomic E-state index is 0.122. The van der Waals surface area contributed by atoms with Gasteiger partial charge in [-0.3, -0.25) is 14.7 Å². The number of fused-ring (bicyclic) bond motifs is 5. The van der Waals surface area contributed by atoms with Gasteiger partial charge in [0.25, 0.3) is 0 Å². The van der Waals surface area contributed by atoms with Gasteiger partial charge in [0.2, 0.25) is 12.7 Å². The van der Waals surface area contributed by atoms with E-state index in [9.17, 15) is 4.79 Å². The third kappa shape index (κ3) is 3.29. The van der Waals surface area contributed by atoms with E-state index >= 15 is 0 Å². The van der Waals surface area contributed by atoms with Crippen molar-refractivity contribution < 1.29 is 19.0 Å². The fraction of sp³-hybridized carbons (Fsp3) is 0.379. The lowest BCUT2D eigenvalue weighted by molar-refractivity contribution is -0.122. The molecule has 2 aromatic carbocycles. The van der Waals surface area contributed by atoms with Gasteiger partial charge in [-0.15, -0.1) is 0 Å². The first-order chi connectivity index (χ1) is 17.7. The lowest BCUT2D eigenvalue weighted by Crippen LogP contribution is -2.47. The molecule has 7 rings (SSSR count). The Morgan fingerprint density at radius 3 is 2.47 bits per heavy atom. The van der Waals surface area contributed by atoms with Crippen LogP contribution in [0.25, 0.3) is 0 Å². The van der Waals surface area contributed by atoms with E-state index in [-0.39, 0.29) is 18.7 Å². The van der Waals surface area contributed by atoms with Crippen LogP contribution >= 0.6 is 0 Å². The SMILES string of the molecule is O=C1N(C2CCCN(Cc3ccccn3)CCC2)c2ccccc2C12COc1cc3c(cc12)OCO3. The molecule has 7 nitrogen and oxygen atoms in total. The number of anilines is 1. The quantitative estimate of drug-likeness (QED) is 0.554. The molecule has 5 heterocycles. The molecule has 1 atom stereocenters. The topological polar surface area (TPSA) is 64.1 Å². The van der Waals surface area contributed by atoms with Crippen molar-refractivity contribution in [1.29, 1.82) is 0 Å². The average Bonchev–Trinajstić information content (AvgIpc) is 3.56. The highest BCUT2D eigenvalue weighted by Crippen LogP contribution is 2.55. The molecule has 0 aliphatic carbocycles. The van der Waals surface area contributed by atoms with Crippen molar-refractivity contribution >= 4 is 11.6 Å². The van der Waals surface area contributed by atoms with Crippen molar-refractivity contribution in [3.63, 3.8) is 0 Å². The molecular formula is C29H29N3O4. The van der Waals surface area contributed by atoms with Crippen LogP contribution in [0.1, 0.15) is 42.5 Å². The summed E-state index contributed by atoms with van der Waals surface area (Å²) < 4.78 is 17.4.